The summed E-state index contributed by atoms with van der Waals surface area (Å²) >= 11 is 0. The molecule has 0 aliphatic carbocycles. The summed E-state index contributed by atoms with van der Waals surface area (Å²) in [5, 5.41) is 0. The van der Waals surface area contributed by atoms with Crippen molar-refractivity contribution in [3.05, 3.63) is 47.4 Å². The molecule has 19 heavy (non-hydrogen) atoms. The highest BCUT2D eigenvalue weighted by Gasteiger charge is 2.09. The lowest BCUT2D eigenvalue weighted by molar-refractivity contribution is 0.647. The Morgan fingerprint density at radius 1 is 1.16 bits per heavy atom. The van der Waals surface area contributed by atoms with Crippen LogP contribution in [0.3, 0.4) is 0 Å². The molecular formula is C16H21N3. The van der Waals surface area contributed by atoms with Gasteiger partial charge < -0.3 is 5.73 Å². The number of hydrogen-bond acceptors (Lipinski definition) is 3. The molecule has 100 valence electrons. The standard InChI is InChI=1S/C16H21N3/c1-11-4-5-14(10-13(11)3)15-7-9-18-16(19-15)12(2)6-8-17/h4-5,7,9-10,12H,6,8,17H2,1-3H3. The number of nitrogens with zero attached hydrogens (tertiary/aromatic N) is 2. The van der Waals surface area contributed by atoms with Crippen molar-refractivity contribution in [3.63, 3.8) is 0 Å². The van der Waals surface area contributed by atoms with E-state index in [1.807, 2.05) is 12.3 Å². The first-order valence-electron chi connectivity index (χ1n) is 6.72. The molecule has 0 bridgehead atoms. The molecule has 1 atom stereocenters. The lowest BCUT2D eigenvalue weighted by Gasteiger charge is -2.10. The third-order valence-corrected chi connectivity index (χ3v) is 3.52. The number of aromatic nitrogens is 2. The quantitative estimate of drug-likeness (QED) is 0.912. The van der Waals surface area contributed by atoms with Gasteiger partial charge in [0.25, 0.3) is 0 Å². The highest BCUT2D eigenvalue weighted by molar-refractivity contribution is 5.60. The highest BCUT2D eigenvalue weighted by atomic mass is 14.9. The molecule has 3 heteroatoms. The molecule has 0 fully saturated rings. The maximum Gasteiger partial charge on any atom is 0.131 e. The maximum atomic E-state index is 5.60. The second-order valence-electron chi connectivity index (χ2n) is 5.08. The minimum absolute atomic E-state index is 0.302. The Morgan fingerprint density at radius 2 is 1.95 bits per heavy atom. The lowest BCUT2D eigenvalue weighted by atomic mass is 10.0. The molecule has 0 spiro atoms. The molecule has 0 saturated carbocycles. The fourth-order valence-corrected chi connectivity index (χ4v) is 2.05. The van der Waals surface area contributed by atoms with Crippen LogP contribution in [-0.2, 0) is 0 Å². The summed E-state index contributed by atoms with van der Waals surface area (Å²) in [7, 11) is 0. The van der Waals surface area contributed by atoms with Gasteiger partial charge in [-0.15, -0.1) is 0 Å². The largest absolute Gasteiger partial charge is 0.330 e. The van der Waals surface area contributed by atoms with Gasteiger partial charge >= 0.3 is 0 Å². The van der Waals surface area contributed by atoms with E-state index in [0.29, 0.717) is 12.5 Å². The van der Waals surface area contributed by atoms with Crippen molar-refractivity contribution in [2.75, 3.05) is 6.54 Å². The van der Waals surface area contributed by atoms with Crippen LogP contribution in [0.1, 0.15) is 36.2 Å². The van der Waals surface area contributed by atoms with E-state index in [0.717, 1.165) is 23.5 Å². The topological polar surface area (TPSA) is 51.8 Å². The lowest BCUT2D eigenvalue weighted by Crippen LogP contribution is -2.08. The van der Waals surface area contributed by atoms with Gasteiger partial charge in [-0.1, -0.05) is 19.1 Å². The molecule has 0 aliphatic heterocycles. The molecule has 1 heterocycles. The Balaban J connectivity index is 2.34. The first kappa shape index (κ1) is 13.7. The van der Waals surface area contributed by atoms with Crippen molar-refractivity contribution < 1.29 is 0 Å². The van der Waals surface area contributed by atoms with Crippen molar-refractivity contribution in [2.45, 2.75) is 33.1 Å². The van der Waals surface area contributed by atoms with Gasteiger partial charge in [0.05, 0.1) is 5.69 Å². The van der Waals surface area contributed by atoms with Crippen LogP contribution in [0.2, 0.25) is 0 Å². The van der Waals surface area contributed by atoms with Gasteiger partial charge in [-0.2, -0.15) is 0 Å². The van der Waals surface area contributed by atoms with E-state index in [1.54, 1.807) is 0 Å². The molecule has 2 N–H and O–H groups in total. The molecule has 1 unspecified atom stereocenters. The van der Waals surface area contributed by atoms with E-state index in [9.17, 15) is 0 Å². The Morgan fingerprint density at radius 3 is 2.63 bits per heavy atom. The highest BCUT2D eigenvalue weighted by Crippen LogP contribution is 2.22. The van der Waals surface area contributed by atoms with E-state index >= 15 is 0 Å². The molecule has 0 amide bonds. The number of nitrogens with two attached hydrogens (primary N) is 1. The molecule has 0 radical (unpaired) electrons. The Bertz CT molecular complexity index is 564. The zero-order valence-corrected chi connectivity index (χ0v) is 11.9. The zero-order valence-electron chi connectivity index (χ0n) is 11.9. The Kier molecular flexibility index (Phi) is 4.27. The number of hydrogen-bond donors (Lipinski definition) is 1. The van der Waals surface area contributed by atoms with Gasteiger partial charge in [0.15, 0.2) is 0 Å². The van der Waals surface area contributed by atoms with E-state index in [-0.39, 0.29) is 0 Å². The van der Waals surface area contributed by atoms with Gasteiger partial charge in [0.2, 0.25) is 0 Å². The van der Waals surface area contributed by atoms with Crippen molar-refractivity contribution in [2.24, 2.45) is 5.73 Å². The minimum Gasteiger partial charge on any atom is -0.330 e. The van der Waals surface area contributed by atoms with Crippen LogP contribution in [0.25, 0.3) is 11.3 Å². The van der Waals surface area contributed by atoms with Crippen LogP contribution in [0, 0.1) is 13.8 Å². The first-order chi connectivity index (χ1) is 9.11. The van der Waals surface area contributed by atoms with Crippen LogP contribution in [-0.4, -0.2) is 16.5 Å². The SMILES string of the molecule is Cc1ccc(-c2ccnc(C(C)CCN)n2)cc1C. The Labute approximate surface area is 114 Å². The molecular weight excluding hydrogens is 234 g/mol. The molecule has 1 aromatic carbocycles. The van der Waals surface area contributed by atoms with Crippen LogP contribution < -0.4 is 5.73 Å². The fourth-order valence-electron chi connectivity index (χ4n) is 2.05. The second kappa shape index (κ2) is 5.93. The molecule has 1 aromatic heterocycles. The normalized spacial score (nSPS) is 12.4. The Hall–Kier alpha value is -1.74. The molecule has 0 aliphatic rings. The van der Waals surface area contributed by atoms with Crippen molar-refractivity contribution in [3.8, 4) is 11.3 Å². The smallest absolute Gasteiger partial charge is 0.131 e. The third-order valence-electron chi connectivity index (χ3n) is 3.52. The fraction of sp³-hybridized carbons (Fsp3) is 0.375. The van der Waals surface area contributed by atoms with E-state index in [4.69, 9.17) is 5.73 Å². The molecule has 2 aromatic rings. The summed E-state index contributed by atoms with van der Waals surface area (Å²) in [5.74, 6) is 1.18. The summed E-state index contributed by atoms with van der Waals surface area (Å²) in [6.45, 7) is 7.02. The minimum atomic E-state index is 0.302. The summed E-state index contributed by atoms with van der Waals surface area (Å²) in [6, 6.07) is 8.38. The molecule has 0 saturated heterocycles. The first-order valence-corrected chi connectivity index (χ1v) is 6.72. The summed E-state index contributed by atoms with van der Waals surface area (Å²) in [4.78, 5) is 9.02. The van der Waals surface area contributed by atoms with Crippen LogP contribution in [0.5, 0.6) is 0 Å². The number of benzene rings is 1. The van der Waals surface area contributed by atoms with E-state index in [1.165, 1.54) is 11.1 Å². The van der Waals surface area contributed by atoms with Crippen molar-refractivity contribution in [1.82, 2.24) is 9.97 Å². The van der Waals surface area contributed by atoms with E-state index < -0.39 is 0 Å². The second-order valence-corrected chi connectivity index (χ2v) is 5.08. The number of aryl methyl sites for hydroxylation is 2. The monoisotopic (exact) mass is 255 g/mol. The van der Waals surface area contributed by atoms with Crippen LogP contribution in [0.15, 0.2) is 30.5 Å². The summed E-state index contributed by atoms with van der Waals surface area (Å²) < 4.78 is 0. The maximum absolute atomic E-state index is 5.60. The summed E-state index contributed by atoms with van der Waals surface area (Å²) in [6.07, 6.45) is 2.75. The molecule has 2 rings (SSSR count). The number of rotatable bonds is 4. The van der Waals surface area contributed by atoms with Gasteiger partial charge in [0.1, 0.15) is 5.82 Å². The van der Waals surface area contributed by atoms with E-state index in [2.05, 4.69) is 48.9 Å². The predicted octanol–water partition coefficient (Wildman–Crippen LogP) is 3.21. The predicted molar refractivity (Wildman–Crippen MR) is 79.0 cm³/mol. The van der Waals surface area contributed by atoms with Gasteiger partial charge in [-0.3, -0.25) is 0 Å². The molecule has 3 nitrogen and oxygen atoms in total. The van der Waals surface area contributed by atoms with Crippen LogP contribution in [0.4, 0.5) is 0 Å². The summed E-state index contributed by atoms with van der Waals surface area (Å²) in [5.41, 5.74) is 10.3. The van der Waals surface area contributed by atoms with Gasteiger partial charge in [0, 0.05) is 17.7 Å². The average Bonchev–Trinajstić information content (AvgIpc) is 2.42. The van der Waals surface area contributed by atoms with Gasteiger partial charge in [-0.05, 0) is 50.1 Å². The third kappa shape index (κ3) is 3.18. The average molecular weight is 255 g/mol. The van der Waals surface area contributed by atoms with Crippen LogP contribution >= 0.6 is 0 Å². The van der Waals surface area contributed by atoms with Gasteiger partial charge in [-0.25, -0.2) is 9.97 Å². The zero-order chi connectivity index (χ0) is 13.8. The van der Waals surface area contributed by atoms with Crippen molar-refractivity contribution >= 4 is 0 Å². The van der Waals surface area contributed by atoms with Crippen molar-refractivity contribution in [1.29, 1.82) is 0 Å².